The van der Waals surface area contributed by atoms with Gasteiger partial charge in [-0.1, -0.05) is 116 Å². The molecule has 1 saturated carbocycles. The number of aromatic nitrogens is 1. The van der Waals surface area contributed by atoms with E-state index in [2.05, 4.69) is 45.2 Å². The highest BCUT2D eigenvalue weighted by Gasteiger charge is 2.42. The Balaban J connectivity index is 1.03. The number of thiazole rings is 1. The molecule has 5 amide bonds. The smallest absolute Gasteiger partial charge is 0.410 e. The molecule has 12 nitrogen and oxygen atoms in total. The Labute approximate surface area is 343 Å². The van der Waals surface area contributed by atoms with Crippen LogP contribution in [-0.4, -0.2) is 82.8 Å². The van der Waals surface area contributed by atoms with Gasteiger partial charge in [0.15, 0.2) is 5.13 Å². The zero-order valence-corrected chi connectivity index (χ0v) is 34.2. The summed E-state index contributed by atoms with van der Waals surface area (Å²) in [5.74, 6) is -1.50. The Morgan fingerprint density at radius 2 is 1.52 bits per heavy atom. The molecule has 3 aromatic carbocycles. The van der Waals surface area contributed by atoms with Crippen molar-refractivity contribution in [1.82, 2.24) is 20.1 Å². The summed E-state index contributed by atoms with van der Waals surface area (Å²) in [6.07, 6.45) is 5.97. The molecule has 4 aromatic rings. The summed E-state index contributed by atoms with van der Waals surface area (Å²) in [6.45, 7) is 4.05. The van der Waals surface area contributed by atoms with E-state index in [4.69, 9.17) is 4.74 Å². The molecule has 3 atom stereocenters. The molecule has 1 aliphatic heterocycles. The number of ether oxygens (including phenoxy) is 1. The number of likely N-dealkylation sites (tertiary alicyclic amines) is 1. The lowest BCUT2D eigenvalue weighted by Crippen LogP contribution is -2.58. The standard InChI is InChI=1S/C45H52N6O6S/c1-4-16-37(52)46-44-48-38(29-17-7-5-8-18-29)42(58-44)49-41(54)36-25-15-26-51(36)43(55)39(30-19-9-6-10-20-30)47-40(53)28(2)50(3)45(56)57-27-35-33-23-13-11-21-31(33)32-22-12-14-24-34(32)35/h5,7-8,11-14,17-18,21-24,28,30,35-36,39H,4,6,9-10,15-16,19-20,25-27H2,1-3H3,(H,47,53)(H,49,54)(H,46,48,52)/t28-,36-,39-/m0/s1. The van der Waals surface area contributed by atoms with Crippen molar-refractivity contribution in [3.63, 3.8) is 0 Å². The van der Waals surface area contributed by atoms with Crippen molar-refractivity contribution < 1.29 is 28.7 Å². The summed E-state index contributed by atoms with van der Waals surface area (Å²) in [7, 11) is 1.53. The second-order valence-electron chi connectivity index (χ2n) is 15.5. The van der Waals surface area contributed by atoms with Gasteiger partial charge in [0.25, 0.3) is 0 Å². The first-order valence-electron chi connectivity index (χ1n) is 20.5. The van der Waals surface area contributed by atoms with Gasteiger partial charge in [-0.3, -0.25) is 24.1 Å². The second kappa shape index (κ2) is 18.4. The van der Waals surface area contributed by atoms with Gasteiger partial charge in [0.2, 0.25) is 23.6 Å². The van der Waals surface area contributed by atoms with Gasteiger partial charge in [-0.2, -0.15) is 0 Å². The highest BCUT2D eigenvalue weighted by atomic mass is 32.1. The van der Waals surface area contributed by atoms with Gasteiger partial charge in [-0.05, 0) is 67.2 Å². The molecule has 2 fully saturated rings. The molecular formula is C45H52N6O6S. The van der Waals surface area contributed by atoms with Crippen molar-refractivity contribution in [3.8, 4) is 22.4 Å². The number of amides is 5. The van der Waals surface area contributed by atoms with Crippen LogP contribution < -0.4 is 16.0 Å². The maximum Gasteiger partial charge on any atom is 0.410 e. The molecule has 3 N–H and O–H groups in total. The SMILES string of the molecule is CCCC(=O)Nc1nc(-c2ccccc2)c(NC(=O)[C@@H]2CCCN2C(=O)[C@@H](NC(=O)[C@H](C)N(C)C(=O)OCC2c3ccccc3-c3ccccc32)C2CCCCC2)s1. The zero-order valence-electron chi connectivity index (χ0n) is 33.4. The van der Waals surface area contributed by atoms with Gasteiger partial charge < -0.3 is 25.6 Å². The molecule has 0 unspecified atom stereocenters. The van der Waals surface area contributed by atoms with Crippen molar-refractivity contribution in [3.05, 3.63) is 90.0 Å². The van der Waals surface area contributed by atoms with E-state index in [1.165, 1.54) is 23.3 Å². The van der Waals surface area contributed by atoms with Gasteiger partial charge >= 0.3 is 6.09 Å². The van der Waals surface area contributed by atoms with Crippen molar-refractivity contribution >= 4 is 51.2 Å². The van der Waals surface area contributed by atoms with Gasteiger partial charge in [0.05, 0.1) is 0 Å². The van der Waals surface area contributed by atoms with Crippen LogP contribution in [0.4, 0.5) is 14.9 Å². The number of rotatable bonds is 13. The predicted octanol–water partition coefficient (Wildman–Crippen LogP) is 7.81. The monoisotopic (exact) mass is 804 g/mol. The van der Waals surface area contributed by atoms with Crippen molar-refractivity contribution in [1.29, 1.82) is 0 Å². The average Bonchev–Trinajstić information content (AvgIpc) is 3.98. The van der Waals surface area contributed by atoms with E-state index in [0.717, 1.165) is 59.9 Å². The molecular weight excluding hydrogens is 753 g/mol. The molecule has 304 valence electrons. The maximum atomic E-state index is 14.6. The highest BCUT2D eigenvalue weighted by molar-refractivity contribution is 7.20. The lowest BCUT2D eigenvalue weighted by atomic mass is 9.83. The zero-order chi connectivity index (χ0) is 40.8. The molecule has 2 aliphatic carbocycles. The summed E-state index contributed by atoms with van der Waals surface area (Å²) >= 11 is 1.18. The Morgan fingerprint density at radius 1 is 0.862 bits per heavy atom. The third-order valence-electron chi connectivity index (χ3n) is 11.7. The summed E-state index contributed by atoms with van der Waals surface area (Å²) in [5.41, 5.74) is 5.75. The van der Waals surface area contributed by atoms with Crippen LogP contribution in [0.2, 0.25) is 0 Å². The number of likely N-dealkylation sites (N-methyl/N-ethyl adjacent to an activating group) is 1. The number of anilines is 2. The Kier molecular flexibility index (Phi) is 12.9. The Bertz CT molecular complexity index is 2090. The normalized spacial score (nSPS) is 17.4. The van der Waals surface area contributed by atoms with Gasteiger partial charge in [-0.15, -0.1) is 0 Å². The van der Waals surface area contributed by atoms with E-state index in [9.17, 15) is 24.0 Å². The largest absolute Gasteiger partial charge is 0.448 e. The molecule has 3 aliphatic rings. The molecule has 0 spiro atoms. The van der Waals surface area contributed by atoms with Crippen LogP contribution in [0.3, 0.4) is 0 Å². The average molecular weight is 805 g/mol. The molecule has 2 heterocycles. The lowest BCUT2D eigenvalue weighted by molar-refractivity contribution is -0.142. The first-order valence-corrected chi connectivity index (χ1v) is 21.3. The molecule has 1 aromatic heterocycles. The molecule has 1 saturated heterocycles. The minimum absolute atomic E-state index is 0.109. The summed E-state index contributed by atoms with van der Waals surface area (Å²) in [4.78, 5) is 76.0. The van der Waals surface area contributed by atoms with Crippen molar-refractivity contribution in [2.75, 3.05) is 30.8 Å². The van der Waals surface area contributed by atoms with Crippen LogP contribution in [0.1, 0.15) is 88.7 Å². The first kappa shape index (κ1) is 40.6. The fraction of sp³-hybridized carbons (Fsp3) is 0.422. The number of hydrogen-bond acceptors (Lipinski definition) is 8. The summed E-state index contributed by atoms with van der Waals surface area (Å²) in [6, 6.07) is 23.1. The molecule has 58 heavy (non-hydrogen) atoms. The Morgan fingerprint density at radius 3 is 2.19 bits per heavy atom. The van der Waals surface area contributed by atoms with Crippen LogP contribution in [-0.2, 0) is 23.9 Å². The van der Waals surface area contributed by atoms with Crippen molar-refractivity contribution in [2.24, 2.45) is 5.92 Å². The molecule has 7 rings (SSSR count). The molecule has 0 radical (unpaired) electrons. The van der Waals surface area contributed by atoms with E-state index < -0.39 is 30.1 Å². The predicted molar refractivity (Wildman–Crippen MR) is 225 cm³/mol. The van der Waals surface area contributed by atoms with E-state index in [-0.39, 0.29) is 36.2 Å². The second-order valence-corrected chi connectivity index (χ2v) is 16.5. The summed E-state index contributed by atoms with van der Waals surface area (Å²) in [5, 5.41) is 9.77. The molecule has 0 bridgehead atoms. The fourth-order valence-electron chi connectivity index (χ4n) is 8.49. The third-order valence-corrected chi connectivity index (χ3v) is 12.6. The maximum absolute atomic E-state index is 14.6. The van der Waals surface area contributed by atoms with Crippen molar-refractivity contribution in [2.45, 2.75) is 95.7 Å². The van der Waals surface area contributed by atoms with Crippen LogP contribution >= 0.6 is 11.3 Å². The first-order chi connectivity index (χ1) is 28.1. The molecule has 13 heteroatoms. The van der Waals surface area contributed by atoms with E-state index >= 15 is 0 Å². The third kappa shape index (κ3) is 8.79. The van der Waals surface area contributed by atoms with E-state index in [1.807, 2.05) is 61.5 Å². The van der Waals surface area contributed by atoms with E-state index in [0.29, 0.717) is 48.1 Å². The minimum Gasteiger partial charge on any atom is -0.448 e. The fourth-order valence-corrected chi connectivity index (χ4v) is 9.40. The number of hydrogen-bond donors (Lipinski definition) is 3. The quantitative estimate of drug-likeness (QED) is 0.125. The van der Waals surface area contributed by atoms with Crippen LogP contribution in [0, 0.1) is 5.92 Å². The number of carbonyl (C=O) groups is 5. The summed E-state index contributed by atoms with van der Waals surface area (Å²) < 4.78 is 5.84. The Hall–Kier alpha value is -5.56. The number of fused-ring (bicyclic) bond motifs is 3. The van der Waals surface area contributed by atoms with Gasteiger partial charge in [-0.25, -0.2) is 9.78 Å². The number of nitrogens with one attached hydrogen (secondary N) is 3. The van der Waals surface area contributed by atoms with Crippen LogP contribution in [0.15, 0.2) is 78.9 Å². The highest BCUT2D eigenvalue weighted by Crippen LogP contribution is 2.44. The van der Waals surface area contributed by atoms with Gasteiger partial charge in [0.1, 0.15) is 35.4 Å². The topological polar surface area (TPSA) is 150 Å². The minimum atomic E-state index is -0.929. The lowest BCUT2D eigenvalue weighted by Gasteiger charge is -2.35. The van der Waals surface area contributed by atoms with E-state index in [1.54, 1.807) is 11.8 Å². The van der Waals surface area contributed by atoms with Gasteiger partial charge in [0, 0.05) is 31.5 Å². The number of benzene rings is 3. The van der Waals surface area contributed by atoms with Crippen LogP contribution in [0.25, 0.3) is 22.4 Å². The number of nitrogens with zero attached hydrogens (tertiary/aromatic N) is 3. The van der Waals surface area contributed by atoms with Crippen LogP contribution in [0.5, 0.6) is 0 Å². The number of carbonyl (C=O) groups excluding carboxylic acids is 5.